The number of hydrogen-bond acceptors (Lipinski definition) is 7. The molecule has 6 unspecified atom stereocenters. The molecular formula is C19H33N5O7. The minimum atomic E-state index is -1.55. The Bertz CT molecular complexity index is 679. The Morgan fingerprint density at radius 2 is 1.68 bits per heavy atom. The van der Waals surface area contributed by atoms with Gasteiger partial charge in [-0.05, 0) is 32.2 Å². The van der Waals surface area contributed by atoms with E-state index < -0.39 is 72.2 Å². The van der Waals surface area contributed by atoms with Gasteiger partial charge in [-0.15, -0.1) is 0 Å². The Morgan fingerprint density at radius 3 is 2.13 bits per heavy atom. The van der Waals surface area contributed by atoms with Crippen molar-refractivity contribution in [2.75, 3.05) is 6.54 Å². The van der Waals surface area contributed by atoms with Gasteiger partial charge in [0.1, 0.15) is 18.1 Å². The predicted octanol–water partition coefficient (Wildman–Crippen LogP) is -2.42. The normalized spacial score (nSPS) is 20.6. The minimum absolute atomic E-state index is 0.408. The molecule has 0 radical (unpaired) electrons. The molecule has 1 rings (SSSR count). The number of hydrogen-bond donors (Lipinski definition) is 7. The second-order valence-electron chi connectivity index (χ2n) is 7.82. The van der Waals surface area contributed by atoms with Crippen molar-refractivity contribution in [3.05, 3.63) is 0 Å². The largest absolute Gasteiger partial charge is 0.480 e. The molecule has 176 valence electrons. The number of carboxylic acids is 1. The van der Waals surface area contributed by atoms with E-state index in [4.69, 9.17) is 5.73 Å². The first-order valence-corrected chi connectivity index (χ1v) is 10.3. The highest BCUT2D eigenvalue weighted by atomic mass is 16.4. The summed E-state index contributed by atoms with van der Waals surface area (Å²) in [6, 6.07) is -4.48. The predicted molar refractivity (Wildman–Crippen MR) is 109 cm³/mol. The zero-order valence-corrected chi connectivity index (χ0v) is 18.0. The topological polar surface area (TPSA) is 200 Å². The lowest BCUT2D eigenvalue weighted by molar-refractivity contribution is -0.144. The average Bonchev–Trinajstić information content (AvgIpc) is 3.22. The maximum Gasteiger partial charge on any atom is 0.326 e. The number of primary amides is 1. The van der Waals surface area contributed by atoms with Gasteiger partial charge in [0.05, 0.1) is 18.6 Å². The Kier molecular flexibility index (Phi) is 10.4. The fraction of sp³-hybridized carbons (Fsp3) is 0.737. The smallest absolute Gasteiger partial charge is 0.326 e. The summed E-state index contributed by atoms with van der Waals surface area (Å²) in [5.41, 5.74) is 5.02. The Morgan fingerprint density at radius 1 is 1.06 bits per heavy atom. The van der Waals surface area contributed by atoms with Gasteiger partial charge in [-0.25, -0.2) is 4.79 Å². The molecule has 0 aliphatic carbocycles. The third-order valence-electron chi connectivity index (χ3n) is 5.25. The van der Waals surface area contributed by atoms with E-state index in [9.17, 15) is 34.2 Å². The molecule has 8 N–H and O–H groups in total. The van der Waals surface area contributed by atoms with Gasteiger partial charge in [0.25, 0.3) is 0 Å². The number of rotatable bonds is 12. The summed E-state index contributed by atoms with van der Waals surface area (Å²) in [5.74, 6) is -4.80. The SMILES string of the molecule is CCC(C)C(NC(=O)C(NC(=O)C1CCCN1)C(C)O)C(=O)NC(CC(N)=O)C(=O)O. The van der Waals surface area contributed by atoms with Crippen LogP contribution in [0, 0.1) is 5.92 Å². The molecule has 1 aliphatic rings. The van der Waals surface area contributed by atoms with Crippen molar-refractivity contribution < 1.29 is 34.2 Å². The molecule has 1 fully saturated rings. The second kappa shape index (κ2) is 12.2. The molecule has 0 aromatic heterocycles. The van der Waals surface area contributed by atoms with E-state index in [2.05, 4.69) is 21.3 Å². The monoisotopic (exact) mass is 443 g/mol. The summed E-state index contributed by atoms with van der Waals surface area (Å²) in [4.78, 5) is 60.2. The number of aliphatic carboxylic acids is 1. The van der Waals surface area contributed by atoms with Crippen LogP contribution < -0.4 is 27.0 Å². The van der Waals surface area contributed by atoms with E-state index in [1.165, 1.54) is 6.92 Å². The third-order valence-corrected chi connectivity index (χ3v) is 5.25. The van der Waals surface area contributed by atoms with E-state index in [0.29, 0.717) is 19.4 Å². The van der Waals surface area contributed by atoms with Crippen LogP contribution in [0.4, 0.5) is 0 Å². The van der Waals surface area contributed by atoms with E-state index in [0.717, 1.165) is 6.42 Å². The standard InChI is InChI=1S/C19H33N5O7/c1-4-9(2)14(17(28)22-12(19(30)31)8-13(20)26)23-18(29)15(10(3)25)24-16(27)11-6-5-7-21-11/h9-12,14-15,21,25H,4-8H2,1-3H3,(H2,20,26)(H,22,28)(H,23,29)(H,24,27)(H,30,31). The molecule has 0 bridgehead atoms. The van der Waals surface area contributed by atoms with Crippen LogP contribution in [0.25, 0.3) is 0 Å². The molecule has 0 spiro atoms. The second-order valence-corrected chi connectivity index (χ2v) is 7.82. The molecule has 31 heavy (non-hydrogen) atoms. The summed E-state index contributed by atoms with van der Waals surface area (Å²) in [5, 5.41) is 29.4. The third kappa shape index (κ3) is 8.13. The Labute approximate surface area is 180 Å². The molecule has 1 aliphatic heterocycles. The van der Waals surface area contributed by atoms with Crippen LogP contribution in [-0.2, 0) is 24.0 Å². The van der Waals surface area contributed by atoms with E-state index in [-0.39, 0.29) is 0 Å². The minimum Gasteiger partial charge on any atom is -0.480 e. The number of aliphatic hydroxyl groups excluding tert-OH is 1. The van der Waals surface area contributed by atoms with Gasteiger partial charge in [0.2, 0.25) is 23.6 Å². The van der Waals surface area contributed by atoms with Crippen LogP contribution in [-0.4, -0.2) is 76.6 Å². The number of carbonyl (C=O) groups is 5. The lowest BCUT2D eigenvalue weighted by atomic mass is 9.97. The zero-order chi connectivity index (χ0) is 23.7. The first-order chi connectivity index (χ1) is 14.5. The first-order valence-electron chi connectivity index (χ1n) is 10.3. The van der Waals surface area contributed by atoms with E-state index >= 15 is 0 Å². The highest BCUT2D eigenvalue weighted by molar-refractivity contribution is 5.95. The molecular weight excluding hydrogens is 410 g/mol. The summed E-state index contributed by atoms with van der Waals surface area (Å²) in [6.45, 7) is 5.45. The number of carboxylic acid groups (broad SMARTS) is 1. The van der Waals surface area contributed by atoms with E-state index in [1.54, 1.807) is 13.8 Å². The molecule has 12 heteroatoms. The van der Waals surface area contributed by atoms with Gasteiger partial charge in [0.15, 0.2) is 0 Å². The maximum atomic E-state index is 12.8. The quantitative estimate of drug-likeness (QED) is 0.173. The van der Waals surface area contributed by atoms with Gasteiger partial charge >= 0.3 is 5.97 Å². The van der Waals surface area contributed by atoms with Gasteiger partial charge in [-0.2, -0.15) is 0 Å². The highest BCUT2D eigenvalue weighted by Gasteiger charge is 2.35. The van der Waals surface area contributed by atoms with Gasteiger partial charge < -0.3 is 37.2 Å². The summed E-state index contributed by atoms with van der Waals surface area (Å²) in [6.07, 6.45) is 0.0317. The molecule has 0 aromatic rings. The lowest BCUT2D eigenvalue weighted by Crippen LogP contribution is -2.61. The van der Waals surface area contributed by atoms with Crippen LogP contribution in [0.5, 0.6) is 0 Å². The zero-order valence-electron chi connectivity index (χ0n) is 18.0. The Balaban J connectivity index is 2.92. The molecule has 12 nitrogen and oxygen atoms in total. The van der Waals surface area contributed by atoms with E-state index in [1.807, 2.05) is 0 Å². The summed E-state index contributed by atoms with van der Waals surface area (Å²) < 4.78 is 0. The number of aliphatic hydroxyl groups is 1. The summed E-state index contributed by atoms with van der Waals surface area (Å²) >= 11 is 0. The lowest BCUT2D eigenvalue weighted by Gasteiger charge is -2.28. The van der Waals surface area contributed by atoms with Gasteiger partial charge in [-0.1, -0.05) is 20.3 Å². The fourth-order valence-electron chi connectivity index (χ4n) is 3.18. The average molecular weight is 444 g/mol. The van der Waals surface area contributed by atoms with Crippen molar-refractivity contribution in [3.63, 3.8) is 0 Å². The fourth-order valence-corrected chi connectivity index (χ4v) is 3.18. The molecule has 0 aromatic carbocycles. The highest BCUT2D eigenvalue weighted by Crippen LogP contribution is 2.11. The van der Waals surface area contributed by atoms with Crippen LogP contribution in [0.15, 0.2) is 0 Å². The van der Waals surface area contributed by atoms with Crippen LogP contribution in [0.1, 0.15) is 46.5 Å². The number of nitrogens with two attached hydrogens (primary N) is 1. The number of carbonyl (C=O) groups excluding carboxylic acids is 4. The van der Waals surface area contributed by atoms with Crippen LogP contribution in [0.2, 0.25) is 0 Å². The molecule has 4 amide bonds. The van der Waals surface area contributed by atoms with Crippen molar-refractivity contribution in [2.24, 2.45) is 11.7 Å². The van der Waals surface area contributed by atoms with Gasteiger partial charge in [0, 0.05) is 0 Å². The van der Waals surface area contributed by atoms with Crippen molar-refractivity contribution >= 4 is 29.6 Å². The summed E-state index contributed by atoms with van der Waals surface area (Å²) in [7, 11) is 0. The van der Waals surface area contributed by atoms with Crippen LogP contribution in [0.3, 0.4) is 0 Å². The van der Waals surface area contributed by atoms with Crippen LogP contribution >= 0.6 is 0 Å². The molecule has 1 heterocycles. The number of nitrogens with one attached hydrogen (secondary N) is 4. The molecule has 0 saturated carbocycles. The van der Waals surface area contributed by atoms with Crippen molar-refractivity contribution in [1.29, 1.82) is 0 Å². The van der Waals surface area contributed by atoms with Crippen molar-refractivity contribution in [2.45, 2.75) is 76.7 Å². The van der Waals surface area contributed by atoms with Crippen molar-refractivity contribution in [1.82, 2.24) is 21.3 Å². The maximum absolute atomic E-state index is 12.8. The van der Waals surface area contributed by atoms with Gasteiger partial charge in [-0.3, -0.25) is 19.2 Å². The first kappa shape index (κ1) is 26.3. The molecule has 1 saturated heterocycles. The van der Waals surface area contributed by atoms with Crippen molar-refractivity contribution in [3.8, 4) is 0 Å². The number of amides is 4. The Hall–Kier alpha value is -2.73. The molecule has 6 atom stereocenters.